The highest BCUT2D eigenvalue weighted by atomic mass is 16.4. The lowest BCUT2D eigenvalue weighted by molar-refractivity contribution is -0.135. The third kappa shape index (κ3) is 2.90. The van der Waals surface area contributed by atoms with E-state index in [0.29, 0.717) is 23.4 Å². The molecule has 2 aromatic rings. The van der Waals surface area contributed by atoms with Gasteiger partial charge in [0.25, 0.3) is 11.5 Å². The minimum atomic E-state index is -1.23. The van der Waals surface area contributed by atoms with Crippen LogP contribution in [0.1, 0.15) is 23.2 Å². The van der Waals surface area contributed by atoms with Crippen molar-refractivity contribution in [1.82, 2.24) is 9.88 Å². The highest BCUT2D eigenvalue weighted by Crippen LogP contribution is 2.33. The smallest absolute Gasteiger partial charge is 0.322 e. The fourth-order valence-electron chi connectivity index (χ4n) is 2.58. The topological polar surface area (TPSA) is 109 Å². The van der Waals surface area contributed by atoms with Gasteiger partial charge in [-0.2, -0.15) is 0 Å². The van der Waals surface area contributed by atoms with E-state index in [-0.39, 0.29) is 0 Å². The Kier molecular flexibility index (Phi) is 3.77. The van der Waals surface area contributed by atoms with Crippen LogP contribution in [-0.2, 0) is 11.3 Å². The van der Waals surface area contributed by atoms with Crippen LogP contribution in [0.15, 0.2) is 29.1 Å². The molecule has 1 heterocycles. The molecule has 1 aliphatic rings. The summed E-state index contributed by atoms with van der Waals surface area (Å²) >= 11 is 0. The second-order valence-corrected chi connectivity index (χ2v) is 5.68. The number of hydrogen-bond acceptors (Lipinski definition) is 4. The van der Waals surface area contributed by atoms with Gasteiger partial charge in [0.1, 0.15) is 17.9 Å². The molecule has 3 rings (SSSR count). The van der Waals surface area contributed by atoms with Gasteiger partial charge < -0.3 is 20.1 Å². The molecule has 1 aromatic heterocycles. The second kappa shape index (κ2) is 5.75. The van der Waals surface area contributed by atoms with Gasteiger partial charge in [0, 0.05) is 11.9 Å². The molecule has 1 fully saturated rings. The Morgan fingerprint density at radius 2 is 1.96 bits per heavy atom. The van der Waals surface area contributed by atoms with E-state index in [2.05, 4.69) is 5.32 Å². The summed E-state index contributed by atoms with van der Waals surface area (Å²) in [7, 11) is 0. The maximum absolute atomic E-state index is 12.6. The van der Waals surface area contributed by atoms with Crippen molar-refractivity contribution in [3.8, 4) is 5.75 Å². The van der Waals surface area contributed by atoms with Gasteiger partial charge in [0.15, 0.2) is 0 Å². The molecule has 0 unspecified atom stereocenters. The summed E-state index contributed by atoms with van der Waals surface area (Å²) in [6.45, 7) is -0.133. The van der Waals surface area contributed by atoms with E-state index in [1.54, 1.807) is 24.3 Å². The number of carbonyl (C=O) groups excluding carboxylic acids is 1. The zero-order chi connectivity index (χ0) is 16.6. The highest BCUT2D eigenvalue weighted by molar-refractivity contribution is 6.03. The lowest BCUT2D eigenvalue weighted by atomic mass is 10.1. The molecular weight excluding hydrogens is 300 g/mol. The molecule has 0 spiro atoms. The van der Waals surface area contributed by atoms with Crippen LogP contribution in [0.5, 0.6) is 5.75 Å². The molecule has 0 atom stereocenters. The average Bonchev–Trinajstić information content (AvgIpc) is 3.33. The predicted octanol–water partition coefficient (Wildman–Crippen LogP) is 0.932. The normalized spacial score (nSPS) is 13.9. The Morgan fingerprint density at radius 1 is 1.26 bits per heavy atom. The number of nitrogens with one attached hydrogen (secondary N) is 1. The quantitative estimate of drug-likeness (QED) is 0.760. The molecule has 0 saturated heterocycles. The monoisotopic (exact) mass is 316 g/mol. The summed E-state index contributed by atoms with van der Waals surface area (Å²) in [6.07, 6.45) is 2.06. The molecule has 1 aliphatic carbocycles. The molecular formula is C16H16N2O5. The lowest BCUT2D eigenvalue weighted by Gasteiger charge is -2.14. The number of carbonyl (C=O) groups is 2. The molecule has 120 valence electrons. The van der Waals surface area contributed by atoms with E-state index in [9.17, 15) is 19.5 Å². The summed E-state index contributed by atoms with van der Waals surface area (Å²) in [5.41, 5.74) is -0.446. The molecule has 0 radical (unpaired) electrons. The number of hydrogen-bond donors (Lipinski definition) is 3. The van der Waals surface area contributed by atoms with Crippen LogP contribution in [-0.4, -0.2) is 33.2 Å². The van der Waals surface area contributed by atoms with E-state index in [1.165, 1.54) is 4.57 Å². The van der Waals surface area contributed by atoms with Gasteiger partial charge in [-0.25, -0.2) is 0 Å². The first kappa shape index (κ1) is 15.1. The number of carboxylic acid groups (broad SMARTS) is 1. The van der Waals surface area contributed by atoms with Crippen LogP contribution in [0.2, 0.25) is 0 Å². The Hall–Kier alpha value is -2.83. The van der Waals surface area contributed by atoms with E-state index >= 15 is 0 Å². The molecule has 1 aromatic carbocycles. The number of amides is 1. The number of carboxylic acids is 1. The lowest BCUT2D eigenvalue weighted by Crippen LogP contribution is -2.36. The van der Waals surface area contributed by atoms with Crippen LogP contribution in [0, 0.1) is 5.92 Å². The van der Waals surface area contributed by atoms with Crippen molar-refractivity contribution in [3.05, 3.63) is 40.2 Å². The second-order valence-electron chi connectivity index (χ2n) is 5.68. The molecule has 1 amide bonds. The van der Waals surface area contributed by atoms with Gasteiger partial charge in [-0.3, -0.25) is 14.4 Å². The molecule has 7 nitrogen and oxygen atoms in total. The largest absolute Gasteiger partial charge is 0.506 e. The Morgan fingerprint density at radius 3 is 2.61 bits per heavy atom. The predicted molar refractivity (Wildman–Crippen MR) is 82.6 cm³/mol. The zero-order valence-electron chi connectivity index (χ0n) is 12.3. The summed E-state index contributed by atoms with van der Waals surface area (Å²) in [5, 5.41) is 21.5. The van der Waals surface area contributed by atoms with Crippen molar-refractivity contribution >= 4 is 22.8 Å². The Labute approximate surface area is 131 Å². The molecule has 7 heteroatoms. The number of benzene rings is 1. The maximum atomic E-state index is 12.6. The van der Waals surface area contributed by atoms with Gasteiger partial charge in [0.2, 0.25) is 0 Å². The average molecular weight is 316 g/mol. The van der Waals surface area contributed by atoms with Crippen molar-refractivity contribution in [2.45, 2.75) is 19.4 Å². The van der Waals surface area contributed by atoms with Gasteiger partial charge in [0.05, 0.1) is 5.52 Å². The molecule has 0 aliphatic heterocycles. The molecule has 0 bridgehead atoms. The number of para-hydroxylation sites is 1. The number of aromatic nitrogens is 1. The van der Waals surface area contributed by atoms with Crippen LogP contribution in [0.4, 0.5) is 0 Å². The maximum Gasteiger partial charge on any atom is 0.322 e. The molecule has 1 saturated carbocycles. The van der Waals surface area contributed by atoms with Gasteiger partial charge >= 0.3 is 5.97 Å². The van der Waals surface area contributed by atoms with Crippen molar-refractivity contribution in [1.29, 1.82) is 0 Å². The third-order valence-corrected chi connectivity index (χ3v) is 3.91. The van der Waals surface area contributed by atoms with Crippen molar-refractivity contribution in [2.75, 3.05) is 6.54 Å². The Bertz CT molecular complexity index is 851. The fraction of sp³-hybridized carbons (Fsp3) is 0.312. The van der Waals surface area contributed by atoms with Gasteiger partial charge in [-0.1, -0.05) is 12.1 Å². The van der Waals surface area contributed by atoms with Crippen molar-refractivity contribution in [3.63, 3.8) is 0 Å². The van der Waals surface area contributed by atoms with Crippen LogP contribution in [0.3, 0.4) is 0 Å². The van der Waals surface area contributed by atoms with E-state index in [1.807, 2.05) is 0 Å². The first-order valence-corrected chi connectivity index (χ1v) is 7.33. The summed E-state index contributed by atoms with van der Waals surface area (Å²) < 4.78 is 1.49. The van der Waals surface area contributed by atoms with Crippen molar-refractivity contribution in [2.24, 2.45) is 5.92 Å². The first-order valence-electron chi connectivity index (χ1n) is 7.33. The minimum Gasteiger partial charge on any atom is -0.506 e. The van der Waals surface area contributed by atoms with Crippen LogP contribution >= 0.6 is 0 Å². The number of aliphatic carboxylic acids is 1. The summed E-state index contributed by atoms with van der Waals surface area (Å²) in [6, 6.07) is 6.81. The number of pyridine rings is 1. The minimum absolute atomic E-state index is 0.397. The third-order valence-electron chi connectivity index (χ3n) is 3.91. The number of nitrogens with zero attached hydrogens (tertiary/aromatic N) is 1. The zero-order valence-corrected chi connectivity index (χ0v) is 12.3. The van der Waals surface area contributed by atoms with Crippen molar-refractivity contribution < 1.29 is 19.8 Å². The van der Waals surface area contributed by atoms with Gasteiger partial charge in [-0.15, -0.1) is 0 Å². The Balaban J connectivity index is 2.14. The van der Waals surface area contributed by atoms with Gasteiger partial charge in [-0.05, 0) is 30.9 Å². The first-order chi connectivity index (χ1) is 11.0. The van der Waals surface area contributed by atoms with E-state index < -0.39 is 35.3 Å². The fourth-order valence-corrected chi connectivity index (χ4v) is 2.58. The van der Waals surface area contributed by atoms with Crippen LogP contribution in [0.25, 0.3) is 10.9 Å². The van der Waals surface area contributed by atoms with E-state index in [0.717, 1.165) is 12.8 Å². The van der Waals surface area contributed by atoms with Crippen LogP contribution < -0.4 is 10.9 Å². The molecule has 3 N–H and O–H groups in total. The number of fused-ring (bicyclic) bond motifs is 1. The summed E-state index contributed by atoms with van der Waals surface area (Å²) in [5.74, 6) is -2.13. The SMILES string of the molecule is O=C(O)CNC(=O)c1c(O)c2ccccc2n(CC2CC2)c1=O. The summed E-state index contributed by atoms with van der Waals surface area (Å²) in [4.78, 5) is 35.4. The number of aromatic hydroxyl groups is 1. The number of rotatable bonds is 5. The standard InChI is InChI=1S/C16H16N2O5/c19-12(20)7-17-15(22)13-14(21)10-3-1-2-4-11(10)18(16(13)23)8-9-5-6-9/h1-4,9,21H,5-8H2,(H,17,22)(H,19,20). The molecule has 23 heavy (non-hydrogen) atoms. The van der Waals surface area contributed by atoms with E-state index in [4.69, 9.17) is 5.11 Å². The highest BCUT2D eigenvalue weighted by Gasteiger charge is 2.27.